The van der Waals surface area contributed by atoms with Gasteiger partial charge in [0.2, 0.25) is 0 Å². The van der Waals surface area contributed by atoms with E-state index < -0.39 is 5.60 Å². The number of rotatable bonds is 3. The second-order valence-corrected chi connectivity index (χ2v) is 12.0. The molecule has 32 heavy (non-hydrogen) atoms. The average molecular weight is 436 g/mol. The highest BCUT2D eigenvalue weighted by atomic mass is 16.3. The van der Waals surface area contributed by atoms with Crippen molar-refractivity contribution in [3.8, 4) is 11.8 Å². The molecule has 5 nitrogen and oxygen atoms in total. The maximum Gasteiger partial charge on any atom is 0.157 e. The number of Topliss-reactive ketones (excluding diaryl/α,β-unsaturated/α-hetero) is 1. The van der Waals surface area contributed by atoms with E-state index in [-0.39, 0.29) is 11.3 Å². The van der Waals surface area contributed by atoms with Crippen LogP contribution in [0.25, 0.3) is 0 Å². The van der Waals surface area contributed by atoms with Crippen molar-refractivity contribution in [1.29, 1.82) is 0 Å². The van der Waals surface area contributed by atoms with Gasteiger partial charge in [-0.2, -0.15) is 0 Å². The molecule has 0 radical (unpaired) electrons. The lowest BCUT2D eigenvalue weighted by Gasteiger charge is -2.56. The Hall–Kier alpha value is -1.67. The van der Waals surface area contributed by atoms with Crippen LogP contribution in [0.15, 0.2) is 12.4 Å². The van der Waals surface area contributed by atoms with Crippen LogP contribution in [0.1, 0.15) is 77.6 Å². The number of aliphatic hydroxyl groups is 1. The van der Waals surface area contributed by atoms with Gasteiger partial charge in [0.15, 0.2) is 5.78 Å². The molecule has 0 bridgehead atoms. The number of aromatic nitrogens is 3. The van der Waals surface area contributed by atoms with Crippen LogP contribution in [-0.2, 0) is 11.3 Å². The van der Waals surface area contributed by atoms with Crippen LogP contribution in [0.3, 0.4) is 0 Å². The van der Waals surface area contributed by atoms with E-state index in [4.69, 9.17) is 0 Å². The lowest BCUT2D eigenvalue weighted by molar-refractivity contribution is -0.132. The summed E-state index contributed by atoms with van der Waals surface area (Å²) in [6, 6.07) is 0. The molecule has 5 aliphatic rings. The average Bonchev–Trinajstić information content (AvgIpc) is 3.34. The SMILES string of the molecule is C[C@]12CCC3C(CC[C@@H]4C[C@@](O)(C#CC5CC5)CC[C@H]34)C1CC[C@@H]2C(=O)Cn1ccnn1. The molecule has 0 aromatic carbocycles. The zero-order chi connectivity index (χ0) is 21.9. The lowest BCUT2D eigenvalue weighted by Crippen LogP contribution is -2.51. The van der Waals surface area contributed by atoms with Gasteiger partial charge in [0.05, 0.1) is 6.20 Å². The molecule has 8 atom stereocenters. The Bertz CT molecular complexity index is 928. The molecule has 1 aromatic heterocycles. The fraction of sp³-hybridized carbons (Fsp3) is 0.815. The maximum atomic E-state index is 13.2. The van der Waals surface area contributed by atoms with E-state index in [2.05, 4.69) is 29.1 Å². The van der Waals surface area contributed by atoms with Crippen LogP contribution >= 0.6 is 0 Å². The Morgan fingerprint density at radius 2 is 1.91 bits per heavy atom. The van der Waals surface area contributed by atoms with E-state index in [9.17, 15) is 9.90 Å². The number of nitrogens with zero attached hydrogens (tertiary/aromatic N) is 3. The van der Waals surface area contributed by atoms with E-state index in [0.29, 0.717) is 30.1 Å². The van der Waals surface area contributed by atoms with Crippen molar-refractivity contribution in [1.82, 2.24) is 15.0 Å². The van der Waals surface area contributed by atoms with Crippen molar-refractivity contribution in [3.63, 3.8) is 0 Å². The Kier molecular flexibility index (Phi) is 5.02. The summed E-state index contributed by atoms with van der Waals surface area (Å²) in [6.07, 6.45) is 16.0. The molecule has 1 heterocycles. The quantitative estimate of drug-likeness (QED) is 0.721. The first-order valence-electron chi connectivity index (χ1n) is 13.1. The normalized spacial score (nSPS) is 45.2. The summed E-state index contributed by atoms with van der Waals surface area (Å²) in [5, 5.41) is 19.0. The first-order valence-corrected chi connectivity index (χ1v) is 13.1. The molecule has 3 unspecified atom stereocenters. The highest BCUT2D eigenvalue weighted by Crippen LogP contribution is 2.64. The second kappa shape index (κ2) is 7.69. The summed E-state index contributed by atoms with van der Waals surface area (Å²) in [6.45, 7) is 2.79. The van der Waals surface area contributed by atoms with Crippen molar-refractivity contribution in [2.45, 2.75) is 89.7 Å². The third-order valence-electron chi connectivity index (χ3n) is 10.3. The van der Waals surface area contributed by atoms with Gasteiger partial charge in [-0.3, -0.25) is 4.79 Å². The molecule has 0 amide bonds. The smallest absolute Gasteiger partial charge is 0.157 e. The molecule has 5 fully saturated rings. The van der Waals surface area contributed by atoms with E-state index in [0.717, 1.165) is 43.4 Å². The molecule has 5 aliphatic carbocycles. The Labute approximate surface area is 191 Å². The van der Waals surface area contributed by atoms with Gasteiger partial charge in [0.25, 0.3) is 0 Å². The second-order valence-electron chi connectivity index (χ2n) is 12.0. The molecule has 1 N–H and O–H groups in total. The Balaban J connectivity index is 1.15. The summed E-state index contributed by atoms with van der Waals surface area (Å²) < 4.78 is 1.69. The minimum absolute atomic E-state index is 0.150. The molecular formula is C27H37N3O2. The third-order valence-corrected chi connectivity index (χ3v) is 10.3. The van der Waals surface area contributed by atoms with E-state index in [1.54, 1.807) is 17.1 Å². The molecule has 5 heteroatoms. The third kappa shape index (κ3) is 3.54. The molecule has 6 rings (SSSR count). The van der Waals surface area contributed by atoms with Crippen LogP contribution in [0, 0.1) is 58.7 Å². The predicted octanol–water partition coefficient (Wildman–Crippen LogP) is 4.26. The number of ketones is 1. The van der Waals surface area contributed by atoms with Gasteiger partial charge < -0.3 is 5.11 Å². The number of carbonyl (C=O) groups excluding carboxylic acids is 1. The van der Waals surface area contributed by atoms with Crippen LogP contribution < -0.4 is 0 Å². The summed E-state index contributed by atoms with van der Waals surface area (Å²) in [7, 11) is 0. The molecule has 0 spiro atoms. The summed E-state index contributed by atoms with van der Waals surface area (Å²) in [5.74, 6) is 11.4. The van der Waals surface area contributed by atoms with Crippen LogP contribution in [0.4, 0.5) is 0 Å². The number of hydrogen-bond acceptors (Lipinski definition) is 4. The van der Waals surface area contributed by atoms with Gasteiger partial charge in [0, 0.05) is 18.0 Å². The molecule has 0 aliphatic heterocycles. The minimum atomic E-state index is -0.730. The highest BCUT2D eigenvalue weighted by Gasteiger charge is 2.58. The fourth-order valence-corrected chi connectivity index (χ4v) is 8.57. The molecule has 0 saturated heterocycles. The van der Waals surface area contributed by atoms with Gasteiger partial charge in [0.1, 0.15) is 12.1 Å². The summed E-state index contributed by atoms with van der Waals surface area (Å²) >= 11 is 0. The van der Waals surface area contributed by atoms with Crippen molar-refractivity contribution < 1.29 is 9.90 Å². The topological polar surface area (TPSA) is 68.0 Å². The lowest BCUT2D eigenvalue weighted by atomic mass is 9.49. The van der Waals surface area contributed by atoms with Crippen molar-refractivity contribution >= 4 is 5.78 Å². The highest BCUT2D eigenvalue weighted by molar-refractivity contribution is 5.82. The van der Waals surface area contributed by atoms with Gasteiger partial charge in [-0.15, -0.1) is 5.10 Å². The van der Waals surface area contributed by atoms with Crippen molar-refractivity contribution in [3.05, 3.63) is 12.4 Å². The van der Waals surface area contributed by atoms with E-state index >= 15 is 0 Å². The molecule has 1 aromatic rings. The molecule has 5 saturated carbocycles. The summed E-state index contributed by atoms with van der Waals surface area (Å²) in [5.41, 5.74) is -0.581. The van der Waals surface area contributed by atoms with Crippen LogP contribution in [0.5, 0.6) is 0 Å². The van der Waals surface area contributed by atoms with Gasteiger partial charge in [-0.1, -0.05) is 24.0 Å². The van der Waals surface area contributed by atoms with Crippen LogP contribution in [0.2, 0.25) is 0 Å². The van der Waals surface area contributed by atoms with Gasteiger partial charge >= 0.3 is 0 Å². The number of fused-ring (bicyclic) bond motifs is 5. The summed E-state index contributed by atoms with van der Waals surface area (Å²) in [4.78, 5) is 13.2. The van der Waals surface area contributed by atoms with Crippen molar-refractivity contribution in [2.24, 2.45) is 46.8 Å². The fourth-order valence-electron chi connectivity index (χ4n) is 8.57. The molecular weight excluding hydrogens is 398 g/mol. The van der Waals surface area contributed by atoms with Gasteiger partial charge in [-0.05, 0) is 106 Å². The van der Waals surface area contributed by atoms with E-state index in [1.807, 2.05) is 0 Å². The maximum absolute atomic E-state index is 13.2. The zero-order valence-corrected chi connectivity index (χ0v) is 19.4. The van der Waals surface area contributed by atoms with E-state index in [1.165, 1.54) is 44.9 Å². The monoisotopic (exact) mass is 435 g/mol. The predicted molar refractivity (Wildman–Crippen MR) is 121 cm³/mol. The minimum Gasteiger partial charge on any atom is -0.378 e. The number of hydrogen-bond donors (Lipinski definition) is 1. The Morgan fingerprint density at radius 3 is 2.69 bits per heavy atom. The largest absolute Gasteiger partial charge is 0.378 e. The molecule has 172 valence electrons. The van der Waals surface area contributed by atoms with Crippen molar-refractivity contribution in [2.75, 3.05) is 0 Å². The number of carbonyl (C=O) groups is 1. The van der Waals surface area contributed by atoms with Gasteiger partial charge in [-0.25, -0.2) is 4.68 Å². The first kappa shape index (κ1) is 20.9. The first-order chi connectivity index (χ1) is 15.5. The Morgan fingerprint density at radius 1 is 1.06 bits per heavy atom. The van der Waals surface area contributed by atoms with Crippen LogP contribution in [-0.4, -0.2) is 31.5 Å². The standard InChI is InChI=1S/C27H37N3O2/c1-26-11-9-21-20-10-13-27(32,12-8-18-2-3-18)16-19(20)4-5-22(21)23(26)6-7-24(26)25(31)17-30-15-14-28-29-30/h14-15,18-24,32H,2-7,9-11,13,16-17H2,1H3/t19-,20+,21?,22?,23?,24-,26+,27-/m1/s1. The zero-order valence-electron chi connectivity index (χ0n) is 19.4.